The highest BCUT2D eigenvalue weighted by atomic mass is 28.5. The fourth-order valence-corrected chi connectivity index (χ4v) is 14.4. The van der Waals surface area contributed by atoms with Crippen molar-refractivity contribution in [1.29, 1.82) is 0 Å². The Morgan fingerprint density at radius 2 is 1.37 bits per heavy atom. The number of hydrogen-bond donors (Lipinski definition) is 1. The normalized spacial score (nSPS) is 13.4. The number of carboxylic acid groups (broad SMARTS) is 1. The van der Waals surface area contributed by atoms with Gasteiger partial charge in [0.25, 0.3) is 0 Å². The van der Waals surface area contributed by atoms with E-state index in [1.165, 1.54) is 0 Å². The van der Waals surface area contributed by atoms with Gasteiger partial charge in [0.2, 0.25) is 0 Å². The molecule has 19 heavy (non-hydrogen) atoms. The van der Waals surface area contributed by atoms with Gasteiger partial charge in [-0.2, -0.15) is 0 Å². The molecule has 0 aromatic carbocycles. The summed E-state index contributed by atoms with van der Waals surface area (Å²) in [6, 6.07) is 0.659. The minimum absolute atomic E-state index is 0.233. The smallest absolute Gasteiger partial charge is 0.330 e. The summed E-state index contributed by atoms with van der Waals surface area (Å²) in [5, 5.41) is 8.90. The Morgan fingerprint density at radius 1 is 1.00 bits per heavy atom. The standard InChI is InChI=1S/C12H28O4Si3/c1-11(12(13)14)9-10-19(8,15-17(2,3)4)16-18(5,6)7/h1,9-10H2,2-8H3,(H,13,14). The molecular formula is C12H28O4Si3. The van der Waals surface area contributed by atoms with Crippen LogP contribution in [0, 0.1) is 0 Å². The van der Waals surface area contributed by atoms with Crippen molar-refractivity contribution in [2.75, 3.05) is 0 Å². The number of rotatable bonds is 8. The summed E-state index contributed by atoms with van der Waals surface area (Å²) in [6.07, 6.45) is 0.438. The van der Waals surface area contributed by atoms with Crippen LogP contribution in [0.3, 0.4) is 0 Å². The van der Waals surface area contributed by atoms with E-state index in [-0.39, 0.29) is 5.57 Å². The van der Waals surface area contributed by atoms with Crippen molar-refractivity contribution in [2.24, 2.45) is 0 Å². The second-order valence-electron chi connectivity index (χ2n) is 6.97. The van der Waals surface area contributed by atoms with E-state index in [1.54, 1.807) is 0 Å². The van der Waals surface area contributed by atoms with Crippen molar-refractivity contribution in [3.63, 3.8) is 0 Å². The Balaban J connectivity index is 4.86. The predicted molar refractivity (Wildman–Crippen MR) is 86.7 cm³/mol. The zero-order valence-electron chi connectivity index (χ0n) is 13.3. The van der Waals surface area contributed by atoms with Gasteiger partial charge in [-0.05, 0) is 58.3 Å². The summed E-state index contributed by atoms with van der Waals surface area (Å²) < 4.78 is 12.6. The molecule has 0 aromatic rings. The van der Waals surface area contributed by atoms with Crippen molar-refractivity contribution < 1.29 is 18.1 Å². The van der Waals surface area contributed by atoms with E-state index in [2.05, 4.69) is 52.4 Å². The molecule has 0 atom stereocenters. The van der Waals surface area contributed by atoms with Crippen LogP contribution in [-0.4, -0.2) is 36.3 Å². The quantitative estimate of drug-likeness (QED) is 0.546. The third-order valence-electron chi connectivity index (χ3n) is 2.23. The minimum atomic E-state index is -2.33. The van der Waals surface area contributed by atoms with Gasteiger partial charge in [0.15, 0.2) is 16.6 Å². The summed E-state index contributed by atoms with van der Waals surface area (Å²) in [6.45, 7) is 18.5. The Bertz CT molecular complexity index is 326. The molecule has 0 bridgehead atoms. The predicted octanol–water partition coefficient (Wildman–Crippen LogP) is 3.79. The van der Waals surface area contributed by atoms with Crippen LogP contribution in [0.2, 0.25) is 51.9 Å². The maximum atomic E-state index is 10.8. The van der Waals surface area contributed by atoms with Crippen LogP contribution in [-0.2, 0) is 13.0 Å². The maximum absolute atomic E-state index is 10.8. The highest BCUT2D eigenvalue weighted by molar-refractivity contribution is 6.87. The summed E-state index contributed by atoms with van der Waals surface area (Å²) in [4.78, 5) is 10.8. The van der Waals surface area contributed by atoms with Gasteiger partial charge in [-0.25, -0.2) is 4.79 Å². The maximum Gasteiger partial charge on any atom is 0.330 e. The first kappa shape index (κ1) is 18.8. The summed E-state index contributed by atoms with van der Waals surface area (Å²) in [5.74, 6) is -0.933. The van der Waals surface area contributed by atoms with Crippen LogP contribution in [0.4, 0.5) is 0 Å². The summed E-state index contributed by atoms with van der Waals surface area (Å²) in [5.41, 5.74) is 0.233. The molecule has 0 rings (SSSR count). The van der Waals surface area contributed by atoms with Gasteiger partial charge >= 0.3 is 14.5 Å². The Hall–Kier alpha value is -0.219. The van der Waals surface area contributed by atoms with Gasteiger partial charge in [0, 0.05) is 5.57 Å². The zero-order chi connectivity index (χ0) is 15.5. The SMILES string of the molecule is C=C(CC[Si](C)(O[Si](C)(C)C)O[Si](C)(C)C)C(=O)O. The first-order valence-corrected chi connectivity index (χ1v) is 15.9. The van der Waals surface area contributed by atoms with E-state index in [4.69, 9.17) is 13.3 Å². The molecule has 0 aromatic heterocycles. The molecule has 0 amide bonds. The average Bonchev–Trinajstić information content (AvgIpc) is 2.07. The molecule has 0 saturated heterocycles. The molecule has 0 heterocycles. The van der Waals surface area contributed by atoms with Crippen LogP contribution >= 0.6 is 0 Å². The Morgan fingerprint density at radius 3 is 1.63 bits per heavy atom. The topological polar surface area (TPSA) is 55.8 Å². The molecule has 0 spiro atoms. The fourth-order valence-electron chi connectivity index (χ4n) is 1.90. The van der Waals surface area contributed by atoms with Crippen molar-refractivity contribution >= 4 is 31.2 Å². The monoisotopic (exact) mass is 320 g/mol. The molecule has 7 heteroatoms. The molecule has 0 radical (unpaired) electrons. The van der Waals surface area contributed by atoms with Gasteiger partial charge < -0.3 is 13.3 Å². The molecule has 0 aliphatic rings. The number of hydrogen-bond acceptors (Lipinski definition) is 3. The molecule has 4 nitrogen and oxygen atoms in total. The highest BCUT2D eigenvalue weighted by Gasteiger charge is 2.40. The van der Waals surface area contributed by atoms with Crippen molar-refractivity contribution in [1.82, 2.24) is 0 Å². The van der Waals surface area contributed by atoms with E-state index < -0.39 is 31.2 Å². The van der Waals surface area contributed by atoms with Crippen molar-refractivity contribution in [3.8, 4) is 0 Å². The van der Waals surface area contributed by atoms with Gasteiger partial charge in [0.1, 0.15) is 0 Å². The third-order valence-corrected chi connectivity index (χ3v) is 11.7. The van der Waals surface area contributed by atoms with Crippen LogP contribution < -0.4 is 0 Å². The molecule has 0 saturated carbocycles. The second-order valence-corrected chi connectivity index (χ2v) is 19.8. The average molecular weight is 321 g/mol. The second kappa shape index (κ2) is 6.49. The number of carbonyl (C=O) groups is 1. The lowest BCUT2D eigenvalue weighted by Gasteiger charge is -2.38. The largest absolute Gasteiger partial charge is 0.478 e. The van der Waals surface area contributed by atoms with Crippen LogP contribution in [0.1, 0.15) is 6.42 Å². The lowest BCUT2D eigenvalue weighted by Crippen LogP contribution is -2.52. The van der Waals surface area contributed by atoms with Crippen LogP contribution in [0.25, 0.3) is 0 Å². The van der Waals surface area contributed by atoms with Crippen molar-refractivity contribution in [3.05, 3.63) is 12.2 Å². The Kier molecular flexibility index (Phi) is 6.41. The third kappa shape index (κ3) is 9.33. The molecule has 0 fully saturated rings. The molecular weight excluding hydrogens is 292 g/mol. The Labute approximate surface area is 120 Å². The molecule has 112 valence electrons. The van der Waals surface area contributed by atoms with E-state index in [0.29, 0.717) is 12.5 Å². The zero-order valence-corrected chi connectivity index (χ0v) is 16.3. The van der Waals surface area contributed by atoms with E-state index in [9.17, 15) is 4.79 Å². The number of carboxylic acids is 1. The summed E-state index contributed by atoms with van der Waals surface area (Å²) in [7, 11) is -5.75. The van der Waals surface area contributed by atoms with Gasteiger partial charge in [-0.3, -0.25) is 0 Å². The molecule has 0 unspecified atom stereocenters. The van der Waals surface area contributed by atoms with E-state index in [1.807, 2.05) is 0 Å². The van der Waals surface area contributed by atoms with E-state index >= 15 is 0 Å². The molecule has 0 aliphatic carbocycles. The lowest BCUT2D eigenvalue weighted by molar-refractivity contribution is -0.132. The highest BCUT2D eigenvalue weighted by Crippen LogP contribution is 2.26. The number of aliphatic carboxylic acids is 1. The van der Waals surface area contributed by atoms with Gasteiger partial charge in [0.05, 0.1) is 0 Å². The first-order chi connectivity index (χ1) is 8.24. The van der Waals surface area contributed by atoms with E-state index in [0.717, 1.165) is 0 Å². The lowest BCUT2D eigenvalue weighted by atomic mass is 10.2. The summed E-state index contributed by atoms with van der Waals surface area (Å²) >= 11 is 0. The van der Waals surface area contributed by atoms with Gasteiger partial charge in [-0.15, -0.1) is 0 Å². The molecule has 0 aliphatic heterocycles. The minimum Gasteiger partial charge on any atom is -0.478 e. The van der Waals surface area contributed by atoms with Crippen LogP contribution in [0.15, 0.2) is 12.2 Å². The fraction of sp³-hybridized carbons (Fsp3) is 0.750. The molecule has 1 N–H and O–H groups in total. The van der Waals surface area contributed by atoms with Crippen LogP contribution in [0.5, 0.6) is 0 Å². The first-order valence-electron chi connectivity index (χ1n) is 6.55. The van der Waals surface area contributed by atoms with Crippen molar-refractivity contribution in [2.45, 2.75) is 58.3 Å². The van der Waals surface area contributed by atoms with Gasteiger partial charge in [-0.1, -0.05) is 6.58 Å².